The standard InChI is InChI=1S/C20H23F2NO2/c21-15-8-9-18(22)17(11-15)20(25)13-23-10-4-7-16(23)12-19(24)14-5-2-1-3-6-14/h1-3,5-6,8-9,11,16,19-20,24-25H,4,7,10,12-13H2. The van der Waals surface area contributed by atoms with Gasteiger partial charge in [-0.3, -0.25) is 4.90 Å². The van der Waals surface area contributed by atoms with Crippen LogP contribution in [-0.4, -0.2) is 34.2 Å². The SMILES string of the molecule is OC(CC1CCCN1CC(O)c1cc(F)ccc1F)c1ccccc1. The number of aliphatic hydroxyl groups excluding tert-OH is 2. The van der Waals surface area contributed by atoms with E-state index in [1.165, 1.54) is 0 Å². The number of rotatable bonds is 6. The minimum Gasteiger partial charge on any atom is -0.388 e. The first-order valence-electron chi connectivity index (χ1n) is 8.64. The normalized spacial score (nSPS) is 20.6. The Labute approximate surface area is 146 Å². The largest absolute Gasteiger partial charge is 0.388 e. The van der Waals surface area contributed by atoms with E-state index in [2.05, 4.69) is 4.90 Å². The van der Waals surface area contributed by atoms with E-state index in [0.717, 1.165) is 43.1 Å². The van der Waals surface area contributed by atoms with Gasteiger partial charge in [-0.2, -0.15) is 0 Å². The maximum absolute atomic E-state index is 13.8. The lowest BCUT2D eigenvalue weighted by Gasteiger charge is -2.28. The van der Waals surface area contributed by atoms with Crippen LogP contribution < -0.4 is 0 Å². The third-order valence-electron chi connectivity index (χ3n) is 4.90. The highest BCUT2D eigenvalue weighted by atomic mass is 19.1. The average molecular weight is 347 g/mol. The molecule has 3 nitrogen and oxygen atoms in total. The first-order valence-corrected chi connectivity index (χ1v) is 8.64. The van der Waals surface area contributed by atoms with E-state index in [1.54, 1.807) is 0 Å². The number of hydrogen-bond donors (Lipinski definition) is 2. The van der Waals surface area contributed by atoms with Crippen LogP contribution in [0.4, 0.5) is 8.78 Å². The van der Waals surface area contributed by atoms with Gasteiger partial charge in [-0.15, -0.1) is 0 Å². The van der Waals surface area contributed by atoms with Crippen molar-refractivity contribution in [2.75, 3.05) is 13.1 Å². The highest BCUT2D eigenvalue weighted by Crippen LogP contribution is 2.29. The Morgan fingerprint density at radius 1 is 1.04 bits per heavy atom. The zero-order chi connectivity index (χ0) is 17.8. The van der Waals surface area contributed by atoms with Gasteiger partial charge in [0.25, 0.3) is 0 Å². The van der Waals surface area contributed by atoms with Crippen LogP contribution in [0.5, 0.6) is 0 Å². The Morgan fingerprint density at radius 2 is 1.80 bits per heavy atom. The van der Waals surface area contributed by atoms with Gasteiger partial charge >= 0.3 is 0 Å². The van der Waals surface area contributed by atoms with E-state index in [1.807, 2.05) is 30.3 Å². The monoisotopic (exact) mass is 347 g/mol. The summed E-state index contributed by atoms with van der Waals surface area (Å²) in [6.07, 6.45) is 0.773. The van der Waals surface area contributed by atoms with E-state index < -0.39 is 23.8 Å². The summed E-state index contributed by atoms with van der Waals surface area (Å²) < 4.78 is 27.2. The molecule has 0 aliphatic carbocycles. The molecule has 0 aromatic heterocycles. The zero-order valence-electron chi connectivity index (χ0n) is 14.0. The summed E-state index contributed by atoms with van der Waals surface area (Å²) in [7, 11) is 0. The molecule has 2 N–H and O–H groups in total. The smallest absolute Gasteiger partial charge is 0.129 e. The number of halogens is 2. The van der Waals surface area contributed by atoms with Gasteiger partial charge in [0, 0.05) is 18.2 Å². The van der Waals surface area contributed by atoms with Crippen LogP contribution >= 0.6 is 0 Å². The van der Waals surface area contributed by atoms with E-state index in [0.29, 0.717) is 6.42 Å². The molecule has 1 heterocycles. The second-order valence-electron chi connectivity index (χ2n) is 6.63. The highest BCUT2D eigenvalue weighted by Gasteiger charge is 2.29. The van der Waals surface area contributed by atoms with Crippen molar-refractivity contribution >= 4 is 0 Å². The fourth-order valence-electron chi connectivity index (χ4n) is 3.56. The van der Waals surface area contributed by atoms with E-state index in [4.69, 9.17) is 0 Å². The summed E-state index contributed by atoms with van der Waals surface area (Å²) in [6.45, 7) is 1.01. The predicted molar refractivity (Wildman–Crippen MR) is 91.9 cm³/mol. The van der Waals surface area contributed by atoms with Crippen LogP contribution in [0, 0.1) is 11.6 Å². The molecular formula is C20H23F2NO2. The lowest BCUT2D eigenvalue weighted by atomic mass is 10.00. The van der Waals surface area contributed by atoms with E-state index in [9.17, 15) is 19.0 Å². The predicted octanol–water partition coefficient (Wildman–Crippen LogP) is 3.59. The third kappa shape index (κ3) is 4.42. The number of β-amino-alcohol motifs (C(OH)–C–C–N with tert-alkyl or cyclic N) is 1. The molecule has 0 radical (unpaired) electrons. The lowest BCUT2D eigenvalue weighted by Crippen LogP contribution is -2.34. The maximum atomic E-state index is 13.8. The van der Waals surface area contributed by atoms with Crippen LogP contribution in [0.25, 0.3) is 0 Å². The van der Waals surface area contributed by atoms with Gasteiger partial charge in [0.05, 0.1) is 12.2 Å². The van der Waals surface area contributed by atoms with Crippen molar-refractivity contribution in [3.8, 4) is 0 Å². The second kappa shape index (κ2) is 8.04. The van der Waals surface area contributed by atoms with Gasteiger partial charge in [-0.1, -0.05) is 30.3 Å². The summed E-state index contributed by atoms with van der Waals surface area (Å²) in [5.74, 6) is -1.16. The molecule has 3 unspecified atom stereocenters. The van der Waals surface area contributed by atoms with Crippen LogP contribution in [0.3, 0.4) is 0 Å². The van der Waals surface area contributed by atoms with Gasteiger partial charge in [0.2, 0.25) is 0 Å². The molecular weight excluding hydrogens is 324 g/mol. The van der Waals surface area contributed by atoms with Crippen molar-refractivity contribution in [2.24, 2.45) is 0 Å². The third-order valence-corrected chi connectivity index (χ3v) is 4.90. The zero-order valence-corrected chi connectivity index (χ0v) is 14.0. The maximum Gasteiger partial charge on any atom is 0.129 e. The van der Waals surface area contributed by atoms with Crippen LogP contribution in [0.15, 0.2) is 48.5 Å². The molecule has 1 aliphatic heterocycles. The van der Waals surface area contributed by atoms with E-state index in [-0.39, 0.29) is 18.2 Å². The molecule has 0 bridgehead atoms. The van der Waals surface area contributed by atoms with Crippen molar-refractivity contribution in [1.29, 1.82) is 0 Å². The summed E-state index contributed by atoms with van der Waals surface area (Å²) >= 11 is 0. The highest BCUT2D eigenvalue weighted by molar-refractivity contribution is 5.21. The summed E-state index contributed by atoms with van der Waals surface area (Å²) in [4.78, 5) is 2.06. The van der Waals surface area contributed by atoms with Crippen molar-refractivity contribution < 1.29 is 19.0 Å². The minimum absolute atomic E-state index is 0.0192. The molecule has 1 fully saturated rings. The Balaban J connectivity index is 1.64. The number of nitrogens with zero attached hydrogens (tertiary/aromatic N) is 1. The molecule has 1 saturated heterocycles. The van der Waals surface area contributed by atoms with Gasteiger partial charge in [-0.25, -0.2) is 8.78 Å². The van der Waals surface area contributed by atoms with Crippen molar-refractivity contribution in [1.82, 2.24) is 4.90 Å². The molecule has 25 heavy (non-hydrogen) atoms. The average Bonchev–Trinajstić information content (AvgIpc) is 3.04. The van der Waals surface area contributed by atoms with Crippen LogP contribution in [-0.2, 0) is 0 Å². The molecule has 0 amide bonds. The summed E-state index contributed by atoms with van der Waals surface area (Å²) in [6, 6.07) is 12.7. The number of aliphatic hydroxyl groups is 2. The molecule has 134 valence electrons. The molecule has 1 aliphatic rings. The first kappa shape index (κ1) is 18.0. The number of likely N-dealkylation sites (tertiary alicyclic amines) is 1. The molecule has 5 heteroatoms. The topological polar surface area (TPSA) is 43.7 Å². The van der Waals surface area contributed by atoms with Crippen molar-refractivity contribution in [2.45, 2.75) is 37.5 Å². The van der Waals surface area contributed by atoms with Gasteiger partial charge in [-0.05, 0) is 49.6 Å². The number of hydrogen-bond acceptors (Lipinski definition) is 3. The molecule has 0 saturated carbocycles. The quantitative estimate of drug-likeness (QED) is 0.839. The minimum atomic E-state index is -1.09. The Kier molecular flexibility index (Phi) is 5.78. The van der Waals surface area contributed by atoms with Crippen molar-refractivity contribution in [3.63, 3.8) is 0 Å². The Bertz CT molecular complexity index is 695. The van der Waals surface area contributed by atoms with Gasteiger partial charge in [0.15, 0.2) is 0 Å². The van der Waals surface area contributed by atoms with Crippen molar-refractivity contribution in [3.05, 3.63) is 71.3 Å². The number of benzene rings is 2. The second-order valence-corrected chi connectivity index (χ2v) is 6.63. The van der Waals surface area contributed by atoms with E-state index >= 15 is 0 Å². The lowest BCUT2D eigenvalue weighted by molar-refractivity contribution is 0.0766. The summed E-state index contributed by atoms with van der Waals surface area (Å²) in [5.41, 5.74) is 0.848. The molecule has 3 rings (SSSR count). The van der Waals surface area contributed by atoms with Gasteiger partial charge < -0.3 is 10.2 Å². The fraction of sp³-hybridized carbons (Fsp3) is 0.400. The van der Waals surface area contributed by atoms with Crippen LogP contribution in [0.1, 0.15) is 42.6 Å². The fourth-order valence-corrected chi connectivity index (χ4v) is 3.56. The first-order chi connectivity index (χ1) is 12.0. The molecule has 2 aromatic rings. The van der Waals surface area contributed by atoms with Gasteiger partial charge in [0.1, 0.15) is 11.6 Å². The van der Waals surface area contributed by atoms with Crippen LogP contribution in [0.2, 0.25) is 0 Å². The molecule has 2 aromatic carbocycles. The Hall–Kier alpha value is -1.82. The molecule has 3 atom stereocenters. The summed E-state index contributed by atoms with van der Waals surface area (Å²) in [5, 5.41) is 20.8. The molecule has 0 spiro atoms. The Morgan fingerprint density at radius 3 is 2.56 bits per heavy atom.